The summed E-state index contributed by atoms with van der Waals surface area (Å²) in [6.07, 6.45) is 2.13. The Labute approximate surface area is 232 Å². The van der Waals surface area contributed by atoms with Crippen LogP contribution in [0, 0.1) is 12.7 Å². The van der Waals surface area contributed by atoms with E-state index in [1.165, 1.54) is 39.7 Å². The van der Waals surface area contributed by atoms with Crippen LogP contribution in [0.15, 0.2) is 115 Å². The van der Waals surface area contributed by atoms with Crippen molar-refractivity contribution in [2.75, 3.05) is 0 Å². The summed E-state index contributed by atoms with van der Waals surface area (Å²) in [4.78, 5) is 0. The zero-order valence-electron chi connectivity index (χ0n) is 21.1. The first-order valence-electron chi connectivity index (χ1n) is 12.6. The van der Waals surface area contributed by atoms with Crippen molar-refractivity contribution in [3.8, 4) is 5.75 Å². The van der Waals surface area contributed by atoms with Gasteiger partial charge in [-0.15, -0.1) is 0 Å². The smallest absolute Gasteiger partial charge is 0.203 e. The van der Waals surface area contributed by atoms with E-state index in [1.54, 1.807) is 0 Å². The van der Waals surface area contributed by atoms with Gasteiger partial charge in [-0.2, -0.15) is 4.57 Å². The summed E-state index contributed by atoms with van der Waals surface area (Å²) in [6, 6.07) is 36.1. The van der Waals surface area contributed by atoms with E-state index in [4.69, 9.17) is 4.74 Å². The van der Waals surface area contributed by atoms with E-state index < -0.39 is 0 Å². The van der Waals surface area contributed by atoms with E-state index in [-0.39, 0.29) is 22.8 Å². The fourth-order valence-electron chi connectivity index (χ4n) is 5.05. The fourth-order valence-corrected chi connectivity index (χ4v) is 5.05. The van der Waals surface area contributed by atoms with E-state index in [1.807, 2.05) is 36.4 Å². The molecule has 0 N–H and O–H groups in total. The molecule has 0 aliphatic heterocycles. The Morgan fingerprint density at radius 2 is 1.42 bits per heavy atom. The number of halogens is 2. The number of pyridine rings is 1. The number of rotatable bonds is 7. The Hall–Kier alpha value is -3.96. The van der Waals surface area contributed by atoms with Gasteiger partial charge in [0.05, 0.1) is 5.52 Å². The van der Waals surface area contributed by atoms with Gasteiger partial charge in [-0.1, -0.05) is 60.7 Å². The molecule has 0 radical (unpaired) electrons. The van der Waals surface area contributed by atoms with Crippen LogP contribution in [0.3, 0.4) is 0 Å². The molecule has 3 nitrogen and oxygen atoms in total. The molecular weight excluding hydrogens is 539 g/mol. The van der Waals surface area contributed by atoms with Crippen LogP contribution in [0.2, 0.25) is 0 Å². The monoisotopic (exact) mass is 566 g/mol. The number of ether oxygens (including phenoxy) is 1. The first-order valence-corrected chi connectivity index (χ1v) is 12.6. The van der Waals surface area contributed by atoms with Gasteiger partial charge in [0, 0.05) is 41.9 Å². The van der Waals surface area contributed by atoms with Crippen LogP contribution in [0.1, 0.15) is 22.4 Å². The topological polar surface area (TPSA) is 18.0 Å². The lowest BCUT2D eigenvalue weighted by molar-refractivity contribution is -0.693. The first kappa shape index (κ1) is 25.7. The molecule has 6 rings (SSSR count). The number of aryl methyl sites for hydroxylation is 1. The van der Waals surface area contributed by atoms with Gasteiger partial charge in [0.15, 0.2) is 12.7 Å². The van der Waals surface area contributed by atoms with E-state index in [0.717, 1.165) is 28.9 Å². The van der Waals surface area contributed by atoms with Crippen LogP contribution in [0.5, 0.6) is 5.75 Å². The second kappa shape index (κ2) is 11.2. The lowest BCUT2D eigenvalue weighted by Gasteiger charge is -2.11. The summed E-state index contributed by atoms with van der Waals surface area (Å²) in [6.45, 7) is 4.13. The molecule has 190 valence electrons. The molecule has 0 aliphatic carbocycles. The first-order chi connectivity index (χ1) is 18.2. The molecular formula is C33H28BrFN2O. The average molecular weight is 568 g/mol. The summed E-state index contributed by atoms with van der Waals surface area (Å²) in [5.41, 5.74) is 6.96. The highest BCUT2D eigenvalue weighted by Gasteiger charge is 2.20. The molecule has 38 heavy (non-hydrogen) atoms. The van der Waals surface area contributed by atoms with Crippen molar-refractivity contribution < 1.29 is 30.7 Å². The number of aromatic nitrogens is 2. The summed E-state index contributed by atoms with van der Waals surface area (Å²) >= 11 is 0. The Morgan fingerprint density at radius 3 is 2.13 bits per heavy atom. The van der Waals surface area contributed by atoms with Crippen LogP contribution < -0.4 is 26.3 Å². The molecule has 0 bridgehead atoms. The van der Waals surface area contributed by atoms with Crippen LogP contribution in [0.25, 0.3) is 21.8 Å². The van der Waals surface area contributed by atoms with Crippen molar-refractivity contribution in [2.45, 2.75) is 26.6 Å². The zero-order chi connectivity index (χ0) is 25.2. The molecule has 0 spiro atoms. The Balaban J connectivity index is 0.00000294. The Morgan fingerprint density at radius 1 is 0.737 bits per heavy atom. The maximum Gasteiger partial charge on any atom is 0.203 e. The van der Waals surface area contributed by atoms with Gasteiger partial charge in [-0.3, -0.25) is 0 Å². The van der Waals surface area contributed by atoms with Gasteiger partial charge >= 0.3 is 0 Å². The van der Waals surface area contributed by atoms with Crippen LogP contribution >= 0.6 is 0 Å². The van der Waals surface area contributed by atoms with E-state index in [0.29, 0.717) is 13.2 Å². The lowest BCUT2D eigenvalue weighted by Crippen LogP contribution is -3.00. The van der Waals surface area contributed by atoms with Crippen molar-refractivity contribution in [3.63, 3.8) is 0 Å². The van der Waals surface area contributed by atoms with E-state index >= 15 is 0 Å². The lowest BCUT2D eigenvalue weighted by atomic mass is 10.1. The third-order valence-electron chi connectivity index (χ3n) is 6.97. The van der Waals surface area contributed by atoms with Crippen LogP contribution in [-0.2, 0) is 19.7 Å². The molecule has 0 saturated carbocycles. The summed E-state index contributed by atoms with van der Waals surface area (Å²) in [5, 5.41) is 2.42. The molecule has 5 heteroatoms. The van der Waals surface area contributed by atoms with Gasteiger partial charge in [0.25, 0.3) is 0 Å². The van der Waals surface area contributed by atoms with Crippen molar-refractivity contribution in [1.82, 2.24) is 4.57 Å². The van der Waals surface area contributed by atoms with Crippen LogP contribution in [-0.4, -0.2) is 4.57 Å². The fraction of sp³-hybridized carbons (Fsp3) is 0.121. The second-order valence-electron chi connectivity index (χ2n) is 9.44. The van der Waals surface area contributed by atoms with E-state index in [9.17, 15) is 4.39 Å². The predicted molar refractivity (Wildman–Crippen MR) is 146 cm³/mol. The molecule has 0 atom stereocenters. The highest BCUT2D eigenvalue weighted by molar-refractivity contribution is 6.08. The second-order valence-corrected chi connectivity index (χ2v) is 9.44. The molecule has 0 unspecified atom stereocenters. The van der Waals surface area contributed by atoms with Gasteiger partial charge in [-0.25, -0.2) is 4.39 Å². The van der Waals surface area contributed by atoms with Crippen molar-refractivity contribution in [3.05, 3.63) is 144 Å². The average Bonchev–Trinajstić information content (AvgIpc) is 3.24. The van der Waals surface area contributed by atoms with Gasteiger partial charge in [0.2, 0.25) is 5.69 Å². The minimum Gasteiger partial charge on any atom is -1.00 e. The Bertz CT molecular complexity index is 1680. The molecule has 0 fully saturated rings. The third-order valence-corrected chi connectivity index (χ3v) is 6.97. The van der Waals surface area contributed by atoms with Crippen molar-refractivity contribution in [2.24, 2.45) is 0 Å². The molecule has 2 aromatic heterocycles. The highest BCUT2D eigenvalue weighted by Crippen LogP contribution is 2.33. The number of nitrogens with zero attached hydrogens (tertiary/aromatic N) is 2. The van der Waals surface area contributed by atoms with Crippen LogP contribution in [0.4, 0.5) is 4.39 Å². The number of fused-ring (bicyclic) bond motifs is 3. The largest absolute Gasteiger partial charge is 1.00 e. The molecule has 6 aromatic rings. The van der Waals surface area contributed by atoms with Gasteiger partial charge in [-0.05, 0) is 47.5 Å². The van der Waals surface area contributed by atoms with E-state index in [2.05, 4.69) is 82.9 Å². The molecule has 4 aromatic carbocycles. The van der Waals surface area contributed by atoms with Gasteiger partial charge < -0.3 is 26.3 Å². The van der Waals surface area contributed by atoms with Crippen molar-refractivity contribution >= 4 is 21.8 Å². The number of hydrogen-bond acceptors (Lipinski definition) is 1. The number of hydrogen-bond donors (Lipinski definition) is 0. The normalized spacial score (nSPS) is 11.0. The van der Waals surface area contributed by atoms with Crippen molar-refractivity contribution in [1.29, 1.82) is 0 Å². The molecule has 2 heterocycles. The molecule has 0 aliphatic rings. The minimum absolute atomic E-state index is 0. The SMILES string of the molecule is Cc1c2c(cc[n+]1Cc1ccc(F)cc1)c1ccc(OCc3ccccc3)cc1n2Cc1ccccc1.[Br-]. The highest BCUT2D eigenvalue weighted by atomic mass is 79.9. The Kier molecular flexibility index (Phi) is 7.57. The quantitative estimate of drug-likeness (QED) is 0.265. The zero-order valence-corrected chi connectivity index (χ0v) is 22.7. The standard InChI is InChI=1S/C33H28FN2O.BrH/c1-24-33-31(18-19-35(24)21-26-12-14-28(34)15-13-26)30-17-16-29(37-23-27-10-6-3-7-11-27)20-32(30)36(33)22-25-8-4-2-5-9-25;/h2-20H,21-23H2,1H3;1H/q+1;/p-1. The maximum atomic E-state index is 13.5. The summed E-state index contributed by atoms with van der Waals surface area (Å²) < 4.78 is 24.3. The van der Waals surface area contributed by atoms with Gasteiger partial charge in [0.1, 0.15) is 23.7 Å². The number of benzene rings is 4. The maximum absolute atomic E-state index is 13.5. The molecule has 0 saturated heterocycles. The predicted octanol–water partition coefficient (Wildman–Crippen LogP) is 4.21. The minimum atomic E-state index is -0.214. The molecule has 0 amide bonds. The summed E-state index contributed by atoms with van der Waals surface area (Å²) in [7, 11) is 0. The third kappa shape index (κ3) is 5.20. The summed E-state index contributed by atoms with van der Waals surface area (Å²) in [5.74, 6) is 0.638.